The minimum Gasteiger partial charge on any atom is -0.493 e. The van der Waals surface area contributed by atoms with Crippen LogP contribution in [0.15, 0.2) is 111 Å². The van der Waals surface area contributed by atoms with Gasteiger partial charge in [0.1, 0.15) is 11.5 Å². The maximum atomic E-state index is 6.44. The summed E-state index contributed by atoms with van der Waals surface area (Å²) in [6.45, 7) is 16.8. The number of fused-ring (bicyclic) bond motifs is 2. The maximum absolute atomic E-state index is 6.44. The zero-order valence-corrected chi connectivity index (χ0v) is 22.4. The molecule has 38 heavy (non-hydrogen) atoms. The van der Waals surface area contributed by atoms with Gasteiger partial charge in [-0.1, -0.05) is 72.8 Å². The summed E-state index contributed by atoms with van der Waals surface area (Å²) in [4.78, 5) is 0. The van der Waals surface area contributed by atoms with Crippen LogP contribution < -0.4 is 9.47 Å². The third-order valence-electron chi connectivity index (χ3n) is 6.72. The van der Waals surface area contributed by atoms with Gasteiger partial charge < -0.3 is 9.47 Å². The number of ether oxygens (including phenoxy) is 2. The number of hydrogen-bond acceptors (Lipinski definition) is 2. The molecule has 0 unspecified atom stereocenters. The van der Waals surface area contributed by atoms with E-state index in [-0.39, 0.29) is 0 Å². The molecule has 0 aliphatic carbocycles. The van der Waals surface area contributed by atoms with Crippen LogP contribution in [-0.4, -0.2) is 13.2 Å². The number of benzene rings is 4. The molecule has 0 aromatic heterocycles. The van der Waals surface area contributed by atoms with Gasteiger partial charge in [0.05, 0.1) is 13.2 Å². The van der Waals surface area contributed by atoms with Crippen molar-refractivity contribution in [3.8, 4) is 22.6 Å². The average Bonchev–Trinajstić information content (AvgIpc) is 2.93. The van der Waals surface area contributed by atoms with Gasteiger partial charge in [0, 0.05) is 11.1 Å². The normalized spacial score (nSPS) is 10.8. The molecule has 194 valence electrons. The van der Waals surface area contributed by atoms with Gasteiger partial charge in [0.25, 0.3) is 0 Å². The highest BCUT2D eigenvalue weighted by Gasteiger charge is 2.19. The fourth-order valence-electron chi connectivity index (χ4n) is 4.88. The highest BCUT2D eigenvalue weighted by atomic mass is 16.5. The Labute approximate surface area is 227 Å². The summed E-state index contributed by atoms with van der Waals surface area (Å²) in [6, 6.07) is 21.8. The van der Waals surface area contributed by atoms with Crippen molar-refractivity contribution in [2.24, 2.45) is 0 Å². The van der Waals surface area contributed by atoms with Gasteiger partial charge in [-0.2, -0.15) is 0 Å². The van der Waals surface area contributed by atoms with Crippen LogP contribution in [0.2, 0.25) is 0 Å². The summed E-state index contributed by atoms with van der Waals surface area (Å²) in [5, 5.41) is 4.65. The molecule has 0 amide bonds. The topological polar surface area (TPSA) is 18.5 Å². The Morgan fingerprint density at radius 1 is 0.526 bits per heavy atom. The summed E-state index contributed by atoms with van der Waals surface area (Å²) in [7, 11) is 0. The molecule has 0 N–H and O–H groups in total. The largest absolute Gasteiger partial charge is 0.493 e. The van der Waals surface area contributed by atoms with Gasteiger partial charge in [-0.25, -0.2) is 0 Å². The molecular weight excluding hydrogens is 464 g/mol. The lowest BCUT2D eigenvalue weighted by atomic mass is 9.90. The lowest BCUT2D eigenvalue weighted by Crippen LogP contribution is -2.02. The second kappa shape index (κ2) is 13.5. The Bertz CT molecular complexity index is 1330. The number of allylic oxidation sites excluding steroid dienone is 4. The molecular formula is C36H38O2. The number of rotatable bonds is 15. The Hall–Kier alpha value is -4.04. The van der Waals surface area contributed by atoms with Crippen LogP contribution in [0.3, 0.4) is 0 Å². The van der Waals surface area contributed by atoms with Gasteiger partial charge in [0.15, 0.2) is 0 Å². The summed E-state index contributed by atoms with van der Waals surface area (Å²) < 4.78 is 12.9. The second-order valence-corrected chi connectivity index (χ2v) is 9.53. The van der Waals surface area contributed by atoms with E-state index in [0.717, 1.165) is 71.9 Å². The van der Waals surface area contributed by atoms with Gasteiger partial charge in [-0.05, 0) is 83.3 Å². The molecule has 2 nitrogen and oxygen atoms in total. The first-order valence-electron chi connectivity index (χ1n) is 13.5. The molecule has 2 heteroatoms. The third kappa shape index (κ3) is 6.26. The monoisotopic (exact) mass is 502 g/mol. The molecule has 4 aromatic rings. The van der Waals surface area contributed by atoms with Gasteiger partial charge in [0.2, 0.25) is 0 Å². The van der Waals surface area contributed by atoms with Gasteiger partial charge >= 0.3 is 0 Å². The summed E-state index contributed by atoms with van der Waals surface area (Å²) >= 11 is 0. The van der Waals surface area contributed by atoms with E-state index in [0.29, 0.717) is 13.2 Å². The Balaban J connectivity index is 1.95. The van der Waals surface area contributed by atoms with Crippen LogP contribution in [0.4, 0.5) is 0 Å². The van der Waals surface area contributed by atoms with Crippen LogP contribution in [0.1, 0.15) is 36.8 Å². The van der Waals surface area contributed by atoms with Gasteiger partial charge in [-0.3, -0.25) is 0 Å². The Morgan fingerprint density at radius 3 is 1.37 bits per heavy atom. The minimum absolute atomic E-state index is 0.628. The van der Waals surface area contributed by atoms with Crippen LogP contribution >= 0.6 is 0 Å². The summed E-state index contributed by atoms with van der Waals surface area (Å²) in [5.74, 6) is 1.74. The molecule has 0 saturated heterocycles. The van der Waals surface area contributed by atoms with Gasteiger partial charge in [-0.15, -0.1) is 26.3 Å². The van der Waals surface area contributed by atoms with E-state index in [9.17, 15) is 0 Å². The van der Waals surface area contributed by atoms with Crippen molar-refractivity contribution in [2.75, 3.05) is 13.2 Å². The van der Waals surface area contributed by atoms with Crippen LogP contribution in [0.5, 0.6) is 11.5 Å². The zero-order chi connectivity index (χ0) is 26.7. The first-order chi connectivity index (χ1) is 18.7. The molecule has 0 aliphatic rings. The second-order valence-electron chi connectivity index (χ2n) is 9.53. The molecule has 0 heterocycles. The highest BCUT2D eigenvalue weighted by Crippen LogP contribution is 2.46. The van der Waals surface area contributed by atoms with Crippen molar-refractivity contribution in [1.29, 1.82) is 0 Å². The molecule has 0 bridgehead atoms. The lowest BCUT2D eigenvalue weighted by molar-refractivity contribution is 0.309. The van der Waals surface area contributed by atoms with Crippen LogP contribution in [-0.2, 0) is 12.8 Å². The molecule has 4 rings (SSSR count). The van der Waals surface area contributed by atoms with E-state index in [1.165, 1.54) is 21.9 Å². The van der Waals surface area contributed by atoms with Crippen molar-refractivity contribution in [2.45, 2.75) is 38.5 Å². The molecule has 0 radical (unpaired) electrons. The third-order valence-corrected chi connectivity index (χ3v) is 6.72. The van der Waals surface area contributed by atoms with Crippen molar-refractivity contribution < 1.29 is 9.47 Å². The lowest BCUT2D eigenvalue weighted by Gasteiger charge is -2.20. The molecule has 0 saturated carbocycles. The quantitative estimate of drug-likeness (QED) is 0.119. The fraction of sp³-hybridized carbons (Fsp3) is 0.222. The zero-order valence-electron chi connectivity index (χ0n) is 22.4. The van der Waals surface area contributed by atoms with E-state index < -0.39 is 0 Å². The minimum atomic E-state index is 0.628. The van der Waals surface area contributed by atoms with Crippen molar-refractivity contribution >= 4 is 21.5 Å². The molecule has 0 fully saturated rings. The SMILES string of the molecule is C=CCCCOc1ccc2cc(CC=C)ccc2c1-c1c(OCCCC=C)ccc2cc(CC=C)ccc12. The standard InChI is InChI=1S/C36H38O2/c1-5-9-11-23-37-33-21-17-29-25-27(13-7-3)15-19-31(29)35(33)36-32-20-16-28(14-8-4)26-30(32)18-22-34(36)38-24-12-10-6-2/h5-8,15-22,25-26H,1-4,9-14,23-24H2. The highest BCUT2D eigenvalue weighted by molar-refractivity contribution is 6.10. The fourth-order valence-corrected chi connectivity index (χ4v) is 4.88. The Morgan fingerprint density at radius 2 is 0.974 bits per heavy atom. The maximum Gasteiger partial charge on any atom is 0.127 e. The molecule has 0 spiro atoms. The summed E-state index contributed by atoms with van der Waals surface area (Å²) in [5.41, 5.74) is 4.64. The average molecular weight is 503 g/mol. The predicted octanol–water partition coefficient (Wildman–Crippen LogP) is 9.81. The first kappa shape index (κ1) is 27.0. The van der Waals surface area contributed by atoms with E-state index in [2.05, 4.69) is 87.0 Å². The summed E-state index contributed by atoms with van der Waals surface area (Å²) in [6.07, 6.45) is 13.1. The van der Waals surface area contributed by atoms with Crippen molar-refractivity contribution in [1.82, 2.24) is 0 Å². The van der Waals surface area contributed by atoms with E-state index in [1.807, 2.05) is 24.3 Å². The molecule has 4 aromatic carbocycles. The Kier molecular flexibility index (Phi) is 9.59. The van der Waals surface area contributed by atoms with E-state index >= 15 is 0 Å². The van der Waals surface area contributed by atoms with Crippen LogP contribution in [0.25, 0.3) is 32.7 Å². The van der Waals surface area contributed by atoms with Crippen molar-refractivity contribution in [3.05, 3.63) is 122 Å². The first-order valence-corrected chi connectivity index (χ1v) is 13.5. The van der Waals surface area contributed by atoms with E-state index in [1.54, 1.807) is 0 Å². The number of hydrogen-bond donors (Lipinski definition) is 0. The van der Waals surface area contributed by atoms with Crippen molar-refractivity contribution in [3.63, 3.8) is 0 Å². The molecule has 0 aliphatic heterocycles. The molecule has 0 atom stereocenters. The predicted molar refractivity (Wildman–Crippen MR) is 165 cm³/mol. The smallest absolute Gasteiger partial charge is 0.127 e. The number of unbranched alkanes of at least 4 members (excludes halogenated alkanes) is 2. The van der Waals surface area contributed by atoms with Crippen LogP contribution in [0, 0.1) is 0 Å². The van der Waals surface area contributed by atoms with E-state index in [4.69, 9.17) is 9.47 Å².